The van der Waals surface area contributed by atoms with E-state index in [1.165, 1.54) is 0 Å². The Balaban J connectivity index is 2.24. The van der Waals surface area contributed by atoms with Gasteiger partial charge in [-0.2, -0.15) is 0 Å². The van der Waals surface area contributed by atoms with Crippen molar-refractivity contribution in [3.05, 3.63) is 33.8 Å². The monoisotopic (exact) mass is 365 g/mol. The largest absolute Gasteiger partial charge is 0.381 e. The number of halogens is 2. The fourth-order valence-corrected chi connectivity index (χ4v) is 5.25. The first-order valence-corrected chi connectivity index (χ1v) is 9.63. The molecular formula is C15H21Cl2NO3S. The fourth-order valence-electron chi connectivity index (χ4n) is 2.78. The first-order valence-electron chi connectivity index (χ1n) is 7.33. The van der Waals surface area contributed by atoms with E-state index >= 15 is 0 Å². The minimum atomic E-state index is -3.39. The summed E-state index contributed by atoms with van der Waals surface area (Å²) in [5.41, 5.74) is 0.783. The highest BCUT2D eigenvalue weighted by atomic mass is 35.5. The predicted molar refractivity (Wildman–Crippen MR) is 90.1 cm³/mol. The quantitative estimate of drug-likeness (QED) is 0.870. The van der Waals surface area contributed by atoms with Crippen molar-refractivity contribution in [2.75, 3.05) is 13.2 Å². The minimum absolute atomic E-state index is 0.127. The fraction of sp³-hybridized carbons (Fsp3) is 0.600. The van der Waals surface area contributed by atoms with Crippen molar-refractivity contribution in [2.24, 2.45) is 5.92 Å². The lowest BCUT2D eigenvalue weighted by Gasteiger charge is -2.32. The Morgan fingerprint density at radius 2 is 1.95 bits per heavy atom. The van der Waals surface area contributed by atoms with Gasteiger partial charge >= 0.3 is 0 Å². The van der Waals surface area contributed by atoms with Gasteiger partial charge in [0.1, 0.15) is 0 Å². The van der Waals surface area contributed by atoms with E-state index in [0.29, 0.717) is 36.1 Å². The maximum atomic E-state index is 12.5. The number of sulfonamides is 1. The van der Waals surface area contributed by atoms with Gasteiger partial charge in [-0.05, 0) is 44.4 Å². The van der Waals surface area contributed by atoms with E-state index in [2.05, 4.69) is 4.72 Å². The molecule has 2 atom stereocenters. The first-order chi connectivity index (χ1) is 10.3. The van der Waals surface area contributed by atoms with E-state index in [9.17, 15) is 8.42 Å². The van der Waals surface area contributed by atoms with Crippen molar-refractivity contribution in [3.8, 4) is 0 Å². The smallest absolute Gasteiger partial charge is 0.215 e. The lowest BCUT2D eigenvalue weighted by molar-refractivity contribution is 0.0570. The molecular weight excluding hydrogens is 345 g/mol. The predicted octanol–water partition coefficient (Wildman–Crippen LogP) is 3.27. The second-order valence-corrected chi connectivity index (χ2v) is 8.63. The van der Waals surface area contributed by atoms with Gasteiger partial charge in [0, 0.05) is 28.6 Å². The number of hydrogen-bond donors (Lipinski definition) is 1. The molecule has 22 heavy (non-hydrogen) atoms. The summed E-state index contributed by atoms with van der Waals surface area (Å²) in [6.07, 6.45) is 0.969. The molecule has 1 heterocycles. The van der Waals surface area contributed by atoms with Gasteiger partial charge in [-0.1, -0.05) is 29.3 Å². The highest BCUT2D eigenvalue weighted by Gasteiger charge is 2.37. The van der Waals surface area contributed by atoms with Crippen LogP contribution in [-0.2, 0) is 21.2 Å². The zero-order valence-electron chi connectivity index (χ0n) is 12.7. The molecule has 1 N–H and O–H groups in total. The Hall–Kier alpha value is -0.330. The Kier molecular flexibility index (Phi) is 6.14. The molecule has 124 valence electrons. The van der Waals surface area contributed by atoms with Gasteiger partial charge in [-0.25, -0.2) is 13.1 Å². The lowest BCUT2D eigenvalue weighted by atomic mass is 9.93. The summed E-state index contributed by atoms with van der Waals surface area (Å²) in [5.74, 6) is -0.164. The third-order valence-electron chi connectivity index (χ3n) is 3.73. The molecule has 0 bridgehead atoms. The normalized spacial score (nSPS) is 23.0. The summed E-state index contributed by atoms with van der Waals surface area (Å²) < 4.78 is 33.2. The van der Waals surface area contributed by atoms with Crippen LogP contribution in [0.5, 0.6) is 0 Å². The second kappa shape index (κ2) is 7.49. The number of benzene rings is 1. The third-order valence-corrected chi connectivity index (χ3v) is 6.66. The molecule has 4 nitrogen and oxygen atoms in total. The third kappa shape index (κ3) is 4.36. The van der Waals surface area contributed by atoms with Crippen molar-refractivity contribution in [2.45, 2.75) is 38.0 Å². The summed E-state index contributed by atoms with van der Waals surface area (Å²) in [4.78, 5) is 0. The van der Waals surface area contributed by atoms with Crippen molar-refractivity contribution in [1.82, 2.24) is 4.72 Å². The van der Waals surface area contributed by atoms with Gasteiger partial charge < -0.3 is 4.74 Å². The molecule has 7 heteroatoms. The highest BCUT2D eigenvalue weighted by Crippen LogP contribution is 2.31. The van der Waals surface area contributed by atoms with Gasteiger partial charge in [0.05, 0.1) is 11.9 Å². The van der Waals surface area contributed by atoms with Crippen molar-refractivity contribution >= 4 is 33.2 Å². The van der Waals surface area contributed by atoms with E-state index in [1.807, 2.05) is 13.8 Å². The molecule has 0 amide bonds. The molecule has 1 aromatic rings. The molecule has 0 radical (unpaired) electrons. The molecule has 2 unspecified atom stereocenters. The summed E-state index contributed by atoms with van der Waals surface area (Å²) >= 11 is 12.4. The topological polar surface area (TPSA) is 55.4 Å². The summed E-state index contributed by atoms with van der Waals surface area (Å²) in [5, 5.41) is 0.632. The number of hydrogen-bond acceptors (Lipinski definition) is 3. The molecule has 1 saturated heterocycles. The molecule has 0 aromatic heterocycles. The summed E-state index contributed by atoms with van der Waals surface area (Å²) in [6, 6.07) is 5.18. The molecule has 0 spiro atoms. The maximum absolute atomic E-state index is 12.5. The molecule has 1 aromatic carbocycles. The van der Waals surface area contributed by atoms with Crippen LogP contribution in [0.25, 0.3) is 0 Å². The number of nitrogens with one attached hydrogen (secondary N) is 1. The molecule has 2 rings (SSSR count). The minimum Gasteiger partial charge on any atom is -0.381 e. The molecule has 0 aliphatic carbocycles. The van der Waals surface area contributed by atoms with Gasteiger partial charge in [0.15, 0.2) is 0 Å². The lowest BCUT2D eigenvalue weighted by Crippen LogP contribution is -2.46. The summed E-state index contributed by atoms with van der Waals surface area (Å²) in [6.45, 7) is 4.48. The van der Waals surface area contributed by atoms with Gasteiger partial charge in [-0.15, -0.1) is 0 Å². The van der Waals surface area contributed by atoms with E-state index in [0.717, 1.165) is 5.56 Å². The van der Waals surface area contributed by atoms with E-state index in [-0.39, 0.29) is 12.0 Å². The Morgan fingerprint density at radius 1 is 1.32 bits per heavy atom. The Labute approximate surface area is 142 Å². The zero-order valence-corrected chi connectivity index (χ0v) is 15.0. The average Bonchev–Trinajstić information content (AvgIpc) is 2.42. The summed E-state index contributed by atoms with van der Waals surface area (Å²) in [7, 11) is -3.39. The van der Waals surface area contributed by atoms with Gasteiger partial charge in [0.2, 0.25) is 10.0 Å². The average molecular weight is 366 g/mol. The van der Waals surface area contributed by atoms with Crippen LogP contribution in [0.2, 0.25) is 10.0 Å². The van der Waals surface area contributed by atoms with Gasteiger partial charge in [0.25, 0.3) is 0 Å². The van der Waals surface area contributed by atoms with Crippen molar-refractivity contribution < 1.29 is 13.2 Å². The van der Waals surface area contributed by atoms with E-state index < -0.39 is 15.3 Å². The van der Waals surface area contributed by atoms with Gasteiger partial charge in [-0.3, -0.25) is 0 Å². The molecule has 1 aliphatic rings. The van der Waals surface area contributed by atoms with E-state index in [4.69, 9.17) is 27.9 Å². The highest BCUT2D eigenvalue weighted by molar-refractivity contribution is 7.90. The molecule has 0 saturated carbocycles. The number of ether oxygens (including phenoxy) is 1. The zero-order chi connectivity index (χ0) is 16.3. The SMILES string of the molecule is CC(C)NS(=O)(=O)C1CCOCC1Cc1c(Cl)cccc1Cl. The second-order valence-electron chi connectivity index (χ2n) is 5.88. The molecule has 1 fully saturated rings. The van der Waals surface area contributed by atoms with Crippen LogP contribution < -0.4 is 4.72 Å². The van der Waals surface area contributed by atoms with Crippen LogP contribution in [0.3, 0.4) is 0 Å². The van der Waals surface area contributed by atoms with Crippen molar-refractivity contribution in [1.29, 1.82) is 0 Å². The van der Waals surface area contributed by atoms with Crippen LogP contribution in [0.1, 0.15) is 25.8 Å². The maximum Gasteiger partial charge on any atom is 0.215 e. The Morgan fingerprint density at radius 3 is 2.55 bits per heavy atom. The van der Waals surface area contributed by atoms with Crippen LogP contribution in [-0.4, -0.2) is 32.9 Å². The van der Waals surface area contributed by atoms with E-state index in [1.54, 1.807) is 18.2 Å². The van der Waals surface area contributed by atoms with Crippen molar-refractivity contribution in [3.63, 3.8) is 0 Å². The molecule has 1 aliphatic heterocycles. The van der Waals surface area contributed by atoms with Crippen LogP contribution in [0.4, 0.5) is 0 Å². The van der Waals surface area contributed by atoms with Crippen LogP contribution >= 0.6 is 23.2 Å². The standard InChI is InChI=1S/C15H21Cl2NO3S/c1-10(2)18-22(19,20)15-6-7-21-9-11(15)8-12-13(16)4-3-5-14(12)17/h3-5,10-11,15,18H,6-9H2,1-2H3. The van der Waals surface area contributed by atoms with Crippen LogP contribution in [0.15, 0.2) is 18.2 Å². The first kappa shape index (κ1) is 18.0. The van der Waals surface area contributed by atoms with Crippen LogP contribution in [0, 0.1) is 5.92 Å². The Bertz CT molecular complexity index is 599. The number of rotatable bonds is 5.